The molecule has 2 N–H and O–H groups in total. The molecule has 0 saturated carbocycles. The zero-order valence-corrected chi connectivity index (χ0v) is 15.5. The molecule has 2 rings (SSSR count). The summed E-state index contributed by atoms with van der Waals surface area (Å²) in [4.78, 5) is 15.7. The first-order valence-corrected chi connectivity index (χ1v) is 9.53. The predicted octanol–water partition coefficient (Wildman–Crippen LogP) is 2.13. The van der Waals surface area contributed by atoms with Crippen LogP contribution in [-0.4, -0.2) is 51.2 Å². The van der Waals surface area contributed by atoms with E-state index in [2.05, 4.69) is 0 Å². The van der Waals surface area contributed by atoms with E-state index in [1.54, 1.807) is 17.0 Å². The van der Waals surface area contributed by atoms with E-state index in [1.807, 2.05) is 25.7 Å². The lowest BCUT2D eigenvalue weighted by Crippen LogP contribution is -2.50. The number of anilines is 2. The van der Waals surface area contributed by atoms with E-state index < -0.39 is 21.6 Å². The van der Waals surface area contributed by atoms with Crippen LogP contribution in [-0.2, 0) is 20.7 Å². The zero-order valence-electron chi connectivity index (χ0n) is 14.7. The maximum atomic E-state index is 12.9. The molecule has 0 unspecified atom stereocenters. The molecule has 1 fully saturated rings. The number of ether oxygens (including phenoxy) is 1. The van der Waals surface area contributed by atoms with Crippen molar-refractivity contribution < 1.29 is 21.8 Å². The minimum atomic E-state index is -4.62. The number of hydrogen-bond acceptors (Lipinski definition) is 6. The molecule has 1 aromatic carbocycles. The fourth-order valence-corrected chi connectivity index (χ4v) is 3.20. The zero-order chi connectivity index (χ0) is 18.8. The van der Waals surface area contributed by atoms with Gasteiger partial charge in [-0.2, -0.15) is 8.42 Å². The second-order valence-electron chi connectivity index (χ2n) is 7.07. The van der Waals surface area contributed by atoms with Gasteiger partial charge in [-0.15, -0.1) is 3.89 Å². The molecule has 1 aromatic rings. The van der Waals surface area contributed by atoms with Gasteiger partial charge in [0.2, 0.25) is 0 Å². The molecule has 0 atom stereocenters. The van der Waals surface area contributed by atoms with E-state index in [0.29, 0.717) is 43.1 Å². The molecule has 0 aliphatic carbocycles. The topological polar surface area (TPSA) is 92.9 Å². The van der Waals surface area contributed by atoms with Crippen LogP contribution in [0.25, 0.3) is 0 Å². The van der Waals surface area contributed by atoms with E-state index in [0.717, 1.165) is 0 Å². The highest BCUT2D eigenvalue weighted by molar-refractivity contribution is 7.85. The van der Waals surface area contributed by atoms with Crippen LogP contribution in [0, 0.1) is 0 Å². The maximum absolute atomic E-state index is 12.9. The second kappa shape index (κ2) is 7.07. The number of nitrogens with zero attached hydrogens (tertiary/aromatic N) is 2. The number of halogens is 1. The van der Waals surface area contributed by atoms with E-state index in [-0.39, 0.29) is 6.09 Å². The molecule has 0 bridgehead atoms. The van der Waals surface area contributed by atoms with Crippen molar-refractivity contribution >= 4 is 27.7 Å². The molecule has 0 aromatic heterocycles. The lowest BCUT2D eigenvalue weighted by atomic mass is 10.1. The molecule has 1 saturated heterocycles. The van der Waals surface area contributed by atoms with Gasteiger partial charge in [-0.3, -0.25) is 0 Å². The number of hydrogen-bond donors (Lipinski definition) is 1. The summed E-state index contributed by atoms with van der Waals surface area (Å²) in [5, 5.41) is 0. The Morgan fingerprint density at radius 3 is 2.32 bits per heavy atom. The summed E-state index contributed by atoms with van der Waals surface area (Å²) in [6, 6.07) is 4.76. The SMILES string of the molecule is CC(C)(C)OC(=O)N1CCN(c2cc(N)cc(CS(=O)(=O)F)c2)CC1. The predicted molar refractivity (Wildman–Crippen MR) is 94.6 cm³/mol. The van der Waals surface area contributed by atoms with Crippen LogP contribution in [0.2, 0.25) is 0 Å². The van der Waals surface area contributed by atoms with Gasteiger partial charge in [0.05, 0.1) is 0 Å². The van der Waals surface area contributed by atoms with Crippen LogP contribution in [0.15, 0.2) is 18.2 Å². The molecule has 1 aliphatic heterocycles. The van der Waals surface area contributed by atoms with E-state index in [1.165, 1.54) is 6.07 Å². The van der Waals surface area contributed by atoms with Crippen molar-refractivity contribution in [3.05, 3.63) is 23.8 Å². The molecule has 1 heterocycles. The standard InChI is InChI=1S/C16H24FN3O4S/c1-16(2,3)24-15(21)20-6-4-19(5-7-20)14-9-12(8-13(18)10-14)11-25(17,22)23/h8-10H,4-7,11,18H2,1-3H3. The van der Waals surface area contributed by atoms with E-state index in [4.69, 9.17) is 10.5 Å². The fourth-order valence-electron chi connectivity index (χ4n) is 2.64. The molecule has 1 aliphatic rings. The van der Waals surface area contributed by atoms with Gasteiger partial charge in [-0.25, -0.2) is 4.79 Å². The number of nitrogens with two attached hydrogens (primary N) is 1. The lowest BCUT2D eigenvalue weighted by Gasteiger charge is -2.37. The number of carbonyl (C=O) groups is 1. The Bertz CT molecular complexity index is 738. The summed E-state index contributed by atoms with van der Waals surface area (Å²) >= 11 is 0. The number of nitrogen functional groups attached to an aromatic ring is 1. The molecule has 7 nitrogen and oxygen atoms in total. The Balaban J connectivity index is 2.04. The van der Waals surface area contributed by atoms with Crippen LogP contribution in [0.5, 0.6) is 0 Å². The van der Waals surface area contributed by atoms with Crippen molar-refractivity contribution in [2.75, 3.05) is 36.8 Å². The van der Waals surface area contributed by atoms with E-state index >= 15 is 0 Å². The minimum absolute atomic E-state index is 0.298. The molecule has 1 amide bonds. The first-order chi connectivity index (χ1) is 11.4. The molecule has 0 spiro atoms. The van der Waals surface area contributed by atoms with E-state index in [9.17, 15) is 17.1 Å². The summed E-state index contributed by atoms with van der Waals surface area (Å²) in [5.41, 5.74) is 6.63. The number of benzene rings is 1. The average Bonchev–Trinajstić information content (AvgIpc) is 2.43. The second-order valence-corrected chi connectivity index (χ2v) is 8.44. The summed E-state index contributed by atoms with van der Waals surface area (Å²) in [6.45, 7) is 7.48. The Labute approximate surface area is 147 Å². The normalized spacial score (nSPS) is 16.0. The summed E-state index contributed by atoms with van der Waals surface area (Å²) in [5.74, 6) is -0.705. The van der Waals surface area contributed by atoms with Gasteiger partial charge in [0.1, 0.15) is 11.4 Å². The molecule has 140 valence electrons. The Morgan fingerprint density at radius 1 is 1.20 bits per heavy atom. The quantitative estimate of drug-likeness (QED) is 0.644. The van der Waals surface area contributed by atoms with Crippen molar-refractivity contribution in [2.45, 2.75) is 32.1 Å². The highest BCUT2D eigenvalue weighted by atomic mass is 32.3. The van der Waals surface area contributed by atoms with Crippen LogP contribution in [0.3, 0.4) is 0 Å². The minimum Gasteiger partial charge on any atom is -0.444 e. The van der Waals surface area contributed by atoms with Gasteiger partial charge in [-0.1, -0.05) is 0 Å². The Kier molecular flexibility index (Phi) is 5.46. The van der Waals surface area contributed by atoms with Gasteiger partial charge in [0, 0.05) is 37.6 Å². The first-order valence-electron chi connectivity index (χ1n) is 7.98. The van der Waals surface area contributed by atoms with Crippen LogP contribution < -0.4 is 10.6 Å². The molecular formula is C16H24FN3O4S. The molecule has 9 heteroatoms. The van der Waals surface area contributed by atoms with Crippen LogP contribution in [0.4, 0.5) is 20.1 Å². The number of amides is 1. The summed E-state index contributed by atoms with van der Waals surface area (Å²) in [6.07, 6.45) is -0.357. The van der Waals surface area contributed by atoms with Gasteiger partial charge < -0.3 is 20.3 Å². The van der Waals surface area contributed by atoms with Crippen molar-refractivity contribution in [3.8, 4) is 0 Å². The highest BCUT2D eigenvalue weighted by Gasteiger charge is 2.26. The van der Waals surface area contributed by atoms with Gasteiger partial charge in [0.15, 0.2) is 0 Å². The highest BCUT2D eigenvalue weighted by Crippen LogP contribution is 2.24. The van der Waals surface area contributed by atoms with Gasteiger partial charge in [0.25, 0.3) is 0 Å². The van der Waals surface area contributed by atoms with Crippen molar-refractivity contribution in [3.63, 3.8) is 0 Å². The number of piperazine rings is 1. The average molecular weight is 373 g/mol. The van der Waals surface area contributed by atoms with Crippen molar-refractivity contribution in [1.29, 1.82) is 0 Å². The summed E-state index contributed by atoms with van der Waals surface area (Å²) < 4.78 is 40.0. The molecule has 0 radical (unpaired) electrons. The first kappa shape index (κ1) is 19.3. The lowest BCUT2D eigenvalue weighted by molar-refractivity contribution is 0.0240. The molecular weight excluding hydrogens is 349 g/mol. The summed E-state index contributed by atoms with van der Waals surface area (Å²) in [7, 11) is -4.62. The smallest absolute Gasteiger partial charge is 0.410 e. The van der Waals surface area contributed by atoms with Crippen molar-refractivity contribution in [1.82, 2.24) is 4.90 Å². The third-order valence-electron chi connectivity index (χ3n) is 3.64. The fraction of sp³-hybridized carbons (Fsp3) is 0.562. The van der Waals surface area contributed by atoms with Gasteiger partial charge in [-0.05, 0) is 44.5 Å². The Hall–Kier alpha value is -2.03. The van der Waals surface area contributed by atoms with Gasteiger partial charge >= 0.3 is 16.3 Å². The maximum Gasteiger partial charge on any atom is 0.410 e. The van der Waals surface area contributed by atoms with Crippen molar-refractivity contribution in [2.24, 2.45) is 0 Å². The van der Waals surface area contributed by atoms with Crippen LogP contribution >= 0.6 is 0 Å². The van der Waals surface area contributed by atoms with Crippen LogP contribution in [0.1, 0.15) is 26.3 Å². The molecule has 25 heavy (non-hydrogen) atoms. The third-order valence-corrected chi connectivity index (χ3v) is 4.31. The third kappa shape index (κ3) is 6.08. The number of carbonyl (C=O) groups excluding carboxylic acids is 1. The largest absolute Gasteiger partial charge is 0.444 e. The Morgan fingerprint density at radius 2 is 1.80 bits per heavy atom. The monoisotopic (exact) mass is 373 g/mol. The number of rotatable bonds is 3.